The van der Waals surface area contributed by atoms with Gasteiger partial charge in [0.05, 0.1) is 21.2 Å². The summed E-state index contributed by atoms with van der Waals surface area (Å²) in [5, 5.41) is 2.01. The van der Waals surface area contributed by atoms with Gasteiger partial charge in [-0.2, -0.15) is 13.2 Å². The minimum Gasteiger partial charge on any atom is -0.355 e. The summed E-state index contributed by atoms with van der Waals surface area (Å²) in [6.45, 7) is 2.14. The molecule has 248 valence electrons. The van der Waals surface area contributed by atoms with E-state index in [9.17, 15) is 35.6 Å². The first kappa shape index (κ1) is 35.4. The van der Waals surface area contributed by atoms with Gasteiger partial charge in [0.2, 0.25) is 11.8 Å². The van der Waals surface area contributed by atoms with Gasteiger partial charge in [0.1, 0.15) is 18.4 Å². The van der Waals surface area contributed by atoms with Crippen LogP contribution in [0.15, 0.2) is 102 Å². The molecule has 4 aromatic rings. The van der Waals surface area contributed by atoms with E-state index in [1.54, 1.807) is 50.2 Å². The maximum atomic E-state index is 15.0. The van der Waals surface area contributed by atoms with Gasteiger partial charge in [-0.05, 0) is 55.8 Å². The number of anilines is 1. The molecule has 0 radical (unpaired) electrons. The van der Waals surface area contributed by atoms with E-state index in [2.05, 4.69) is 5.32 Å². The standard InChI is InChI=1S/C34H32ClF4N3O4S/c1-3-40-33(44)31(19-24-9-5-4-6-10-24)41(21-25-11-7-8-12-30(25)36)32(43)22-42(47(45,46)27-16-13-23(2)14-17-27)26-15-18-29(35)28(20-26)34(37,38)39/h4-18,20,31H,3,19,21-22H2,1-2H3,(H,40,44)/t31-/m0/s1. The Morgan fingerprint density at radius 2 is 1.55 bits per heavy atom. The highest BCUT2D eigenvalue weighted by Crippen LogP contribution is 2.38. The fourth-order valence-electron chi connectivity index (χ4n) is 4.91. The van der Waals surface area contributed by atoms with Crippen molar-refractivity contribution in [3.8, 4) is 0 Å². The van der Waals surface area contributed by atoms with Gasteiger partial charge in [0.15, 0.2) is 0 Å². The van der Waals surface area contributed by atoms with Crippen molar-refractivity contribution in [2.24, 2.45) is 0 Å². The maximum Gasteiger partial charge on any atom is 0.417 e. The maximum absolute atomic E-state index is 15.0. The molecule has 0 fully saturated rings. The Hall–Kier alpha value is -4.42. The Kier molecular flexibility index (Phi) is 11.3. The third-order valence-electron chi connectivity index (χ3n) is 7.35. The van der Waals surface area contributed by atoms with Gasteiger partial charge < -0.3 is 10.2 Å². The van der Waals surface area contributed by atoms with Crippen molar-refractivity contribution < 1.29 is 35.6 Å². The predicted molar refractivity (Wildman–Crippen MR) is 172 cm³/mol. The van der Waals surface area contributed by atoms with E-state index in [1.165, 1.54) is 42.5 Å². The molecule has 4 aromatic carbocycles. The average molecular weight is 690 g/mol. The van der Waals surface area contributed by atoms with Crippen molar-refractivity contribution in [3.63, 3.8) is 0 Å². The number of alkyl halides is 3. The second kappa shape index (κ2) is 15.0. The van der Waals surface area contributed by atoms with E-state index in [4.69, 9.17) is 11.6 Å². The molecule has 1 N–H and O–H groups in total. The van der Waals surface area contributed by atoms with Gasteiger partial charge in [0.25, 0.3) is 10.0 Å². The fourth-order valence-corrected chi connectivity index (χ4v) is 6.54. The molecule has 0 spiro atoms. The molecule has 4 rings (SSSR count). The highest BCUT2D eigenvalue weighted by molar-refractivity contribution is 7.92. The minimum absolute atomic E-state index is 0.0171. The van der Waals surface area contributed by atoms with Crippen molar-refractivity contribution in [2.45, 2.75) is 43.9 Å². The normalized spacial score (nSPS) is 12.3. The van der Waals surface area contributed by atoms with Gasteiger partial charge in [0, 0.05) is 25.1 Å². The zero-order valence-corrected chi connectivity index (χ0v) is 27.0. The highest BCUT2D eigenvalue weighted by atomic mass is 35.5. The van der Waals surface area contributed by atoms with E-state index in [-0.39, 0.29) is 23.4 Å². The molecule has 47 heavy (non-hydrogen) atoms. The van der Waals surface area contributed by atoms with Crippen LogP contribution in [0.2, 0.25) is 5.02 Å². The molecule has 0 aliphatic carbocycles. The third kappa shape index (κ3) is 8.69. The van der Waals surface area contributed by atoms with Crippen molar-refractivity contribution in [1.82, 2.24) is 10.2 Å². The average Bonchev–Trinajstić information content (AvgIpc) is 3.03. The summed E-state index contributed by atoms with van der Waals surface area (Å²) in [4.78, 5) is 28.6. The molecule has 0 aliphatic rings. The molecule has 2 amide bonds. The number of aryl methyl sites for hydroxylation is 1. The van der Waals surface area contributed by atoms with E-state index >= 15 is 0 Å². The number of amides is 2. The molecule has 0 saturated heterocycles. The first-order valence-corrected chi connectivity index (χ1v) is 16.3. The van der Waals surface area contributed by atoms with Crippen LogP contribution in [-0.2, 0) is 38.8 Å². The number of likely N-dealkylation sites (N-methyl/N-ethyl adjacent to an activating group) is 1. The number of nitrogens with one attached hydrogen (secondary N) is 1. The van der Waals surface area contributed by atoms with Crippen LogP contribution in [0.4, 0.5) is 23.2 Å². The van der Waals surface area contributed by atoms with Crippen molar-refractivity contribution >= 4 is 39.1 Å². The Balaban J connectivity index is 1.87. The number of carbonyl (C=O) groups excluding carboxylic acids is 2. The smallest absolute Gasteiger partial charge is 0.355 e. The zero-order valence-electron chi connectivity index (χ0n) is 25.5. The molecular weight excluding hydrogens is 658 g/mol. The first-order valence-electron chi connectivity index (χ1n) is 14.5. The second-order valence-electron chi connectivity index (χ2n) is 10.7. The van der Waals surface area contributed by atoms with E-state index in [1.807, 2.05) is 0 Å². The minimum atomic E-state index is -4.94. The van der Waals surface area contributed by atoms with Gasteiger partial charge in [-0.25, -0.2) is 12.8 Å². The van der Waals surface area contributed by atoms with Crippen LogP contribution in [0.25, 0.3) is 0 Å². The lowest BCUT2D eigenvalue weighted by atomic mass is 10.0. The quantitative estimate of drug-likeness (QED) is 0.166. The van der Waals surface area contributed by atoms with Gasteiger partial charge in [-0.3, -0.25) is 13.9 Å². The summed E-state index contributed by atoms with van der Waals surface area (Å²) in [5.41, 5.74) is -0.368. The fraction of sp³-hybridized carbons (Fsp3) is 0.235. The van der Waals surface area contributed by atoms with Crippen molar-refractivity contribution in [2.75, 3.05) is 17.4 Å². The molecule has 0 bridgehead atoms. The number of hydrogen-bond acceptors (Lipinski definition) is 4. The number of halogens is 5. The van der Waals surface area contributed by atoms with Crippen LogP contribution in [0.1, 0.15) is 29.2 Å². The number of nitrogens with zero attached hydrogens (tertiary/aromatic N) is 2. The Labute approximate surface area is 275 Å². The van der Waals surface area contributed by atoms with Crippen molar-refractivity contribution in [3.05, 3.63) is 130 Å². The lowest BCUT2D eigenvalue weighted by Crippen LogP contribution is -2.53. The van der Waals surface area contributed by atoms with E-state index < -0.39 is 69.2 Å². The molecular formula is C34H32ClF4N3O4S. The topological polar surface area (TPSA) is 86.8 Å². The Morgan fingerprint density at radius 1 is 0.915 bits per heavy atom. The number of benzene rings is 4. The van der Waals surface area contributed by atoms with Gasteiger partial charge in [-0.15, -0.1) is 0 Å². The van der Waals surface area contributed by atoms with Crippen LogP contribution in [0.5, 0.6) is 0 Å². The van der Waals surface area contributed by atoms with Crippen LogP contribution in [0, 0.1) is 12.7 Å². The van der Waals surface area contributed by atoms with E-state index in [0.717, 1.165) is 22.6 Å². The molecule has 0 aromatic heterocycles. The third-order valence-corrected chi connectivity index (χ3v) is 9.47. The Morgan fingerprint density at radius 3 is 2.17 bits per heavy atom. The summed E-state index contributed by atoms with van der Waals surface area (Å²) < 4.78 is 85.3. The van der Waals surface area contributed by atoms with Gasteiger partial charge in [-0.1, -0.05) is 77.8 Å². The molecule has 0 aliphatic heterocycles. The summed E-state index contributed by atoms with van der Waals surface area (Å²) in [5.74, 6) is -2.21. The Bertz CT molecular complexity index is 1820. The van der Waals surface area contributed by atoms with Crippen LogP contribution in [0.3, 0.4) is 0 Å². The number of sulfonamides is 1. The van der Waals surface area contributed by atoms with Crippen LogP contribution < -0.4 is 9.62 Å². The molecule has 7 nitrogen and oxygen atoms in total. The van der Waals surface area contributed by atoms with Gasteiger partial charge >= 0.3 is 6.18 Å². The van der Waals surface area contributed by atoms with E-state index in [0.29, 0.717) is 15.9 Å². The summed E-state index contributed by atoms with van der Waals surface area (Å²) >= 11 is 5.84. The monoisotopic (exact) mass is 689 g/mol. The molecule has 0 unspecified atom stereocenters. The van der Waals surface area contributed by atoms with Crippen LogP contribution >= 0.6 is 11.6 Å². The summed E-state index contributed by atoms with van der Waals surface area (Å²) in [7, 11) is -4.67. The molecule has 0 heterocycles. The highest BCUT2D eigenvalue weighted by Gasteiger charge is 2.37. The molecule has 1 atom stereocenters. The predicted octanol–water partition coefficient (Wildman–Crippen LogP) is 6.78. The number of carbonyl (C=O) groups is 2. The first-order chi connectivity index (χ1) is 22.2. The lowest BCUT2D eigenvalue weighted by molar-refractivity contribution is -0.140. The summed E-state index contributed by atoms with van der Waals surface area (Å²) in [6.07, 6.45) is -4.96. The molecule has 13 heteroatoms. The second-order valence-corrected chi connectivity index (χ2v) is 13.0. The largest absolute Gasteiger partial charge is 0.417 e. The SMILES string of the molecule is CCNC(=O)[C@H](Cc1ccccc1)N(Cc1ccccc1F)C(=O)CN(c1ccc(Cl)c(C(F)(F)F)c1)S(=O)(=O)c1ccc(C)cc1. The van der Waals surface area contributed by atoms with Crippen molar-refractivity contribution in [1.29, 1.82) is 0 Å². The zero-order chi connectivity index (χ0) is 34.4. The number of hydrogen-bond donors (Lipinski definition) is 1. The molecule has 0 saturated carbocycles. The summed E-state index contributed by atoms with van der Waals surface area (Å²) in [6, 6.07) is 21.1. The lowest BCUT2D eigenvalue weighted by Gasteiger charge is -2.34. The number of rotatable bonds is 12. The van der Waals surface area contributed by atoms with Crippen LogP contribution in [-0.4, -0.2) is 44.3 Å².